The number of imidazole rings is 1. The Hall–Kier alpha value is -3.06. The van der Waals surface area contributed by atoms with Gasteiger partial charge in [0.1, 0.15) is 11.6 Å². The van der Waals surface area contributed by atoms with Crippen molar-refractivity contribution in [1.82, 2.24) is 14.1 Å². The molecule has 0 aliphatic heterocycles. The maximum absolute atomic E-state index is 12.6. The molecule has 2 aromatic carbocycles. The molecule has 3 heterocycles. The van der Waals surface area contributed by atoms with Crippen molar-refractivity contribution in [1.29, 1.82) is 0 Å². The van der Waals surface area contributed by atoms with Gasteiger partial charge in [-0.3, -0.25) is 4.79 Å². The lowest BCUT2D eigenvalue weighted by atomic mass is 10.00. The van der Waals surface area contributed by atoms with E-state index in [-0.39, 0.29) is 5.56 Å². The second kappa shape index (κ2) is 9.53. The fourth-order valence-corrected chi connectivity index (χ4v) is 5.66. The molecule has 0 spiro atoms. The quantitative estimate of drug-likeness (QED) is 0.286. The molecule has 8 heteroatoms. The van der Waals surface area contributed by atoms with Gasteiger partial charge in [-0.1, -0.05) is 29.3 Å². The highest BCUT2D eigenvalue weighted by atomic mass is 35.5. The third-order valence-electron chi connectivity index (χ3n) is 6.38. The molecule has 0 fully saturated rings. The summed E-state index contributed by atoms with van der Waals surface area (Å²) in [5.74, 6) is 1.31. The van der Waals surface area contributed by atoms with Crippen molar-refractivity contribution in [2.24, 2.45) is 14.1 Å². The number of thiophene rings is 1. The second-order valence-electron chi connectivity index (χ2n) is 8.63. The Bertz CT molecular complexity index is 1600. The van der Waals surface area contributed by atoms with Crippen molar-refractivity contribution >= 4 is 51.3 Å². The number of aromatic nitrogens is 3. The first-order chi connectivity index (χ1) is 16.8. The first-order valence-electron chi connectivity index (χ1n) is 11.2. The minimum Gasteiger partial charge on any atom is -0.382 e. The van der Waals surface area contributed by atoms with Crippen molar-refractivity contribution < 1.29 is 0 Å². The van der Waals surface area contributed by atoms with Crippen molar-refractivity contribution in [3.63, 3.8) is 0 Å². The number of fused-ring (bicyclic) bond motifs is 1. The maximum Gasteiger partial charge on any atom is 0.251 e. The molecule has 0 saturated carbocycles. The summed E-state index contributed by atoms with van der Waals surface area (Å²) in [7, 11) is 3.79. The third-order valence-corrected chi connectivity index (χ3v) is 7.93. The number of aryl methyl sites for hydroxylation is 3. The van der Waals surface area contributed by atoms with Crippen LogP contribution in [0.15, 0.2) is 65.5 Å². The van der Waals surface area contributed by atoms with E-state index in [9.17, 15) is 4.79 Å². The van der Waals surface area contributed by atoms with Gasteiger partial charge in [-0.15, -0.1) is 11.3 Å². The van der Waals surface area contributed by atoms with E-state index in [1.807, 2.05) is 61.1 Å². The van der Waals surface area contributed by atoms with E-state index in [1.54, 1.807) is 22.0 Å². The van der Waals surface area contributed by atoms with Crippen LogP contribution in [0.3, 0.4) is 0 Å². The lowest BCUT2D eigenvalue weighted by molar-refractivity contribution is 0.854. The minimum atomic E-state index is -0.00653. The number of nitrogens with zero attached hydrogens (tertiary/aromatic N) is 3. The fourth-order valence-electron chi connectivity index (χ4n) is 4.45. The standard InChI is InChI=1S/C27H24Cl2N4OS/c1-32-22-11-3-16(13-21(22)18(15-25(32)34)6-9-20-10-12-24(29)35-20)14-23-26(30)31-27(33(23)2)17-4-7-19(28)8-5-17/h3-5,7-8,10-13,15H,6,9,14,30H2,1-2H3. The van der Waals surface area contributed by atoms with Crippen LogP contribution in [-0.2, 0) is 33.4 Å². The Kier molecular flexibility index (Phi) is 6.45. The van der Waals surface area contributed by atoms with E-state index in [2.05, 4.69) is 17.1 Å². The van der Waals surface area contributed by atoms with Gasteiger partial charge in [-0.25, -0.2) is 4.98 Å². The molecule has 0 radical (unpaired) electrons. The van der Waals surface area contributed by atoms with Crippen LogP contribution in [0.1, 0.15) is 21.7 Å². The highest BCUT2D eigenvalue weighted by Gasteiger charge is 2.16. The smallest absolute Gasteiger partial charge is 0.251 e. The maximum atomic E-state index is 12.6. The topological polar surface area (TPSA) is 65.8 Å². The lowest BCUT2D eigenvalue weighted by Gasteiger charge is -2.13. The average Bonchev–Trinajstić information content (AvgIpc) is 3.38. The normalized spacial score (nSPS) is 11.4. The van der Waals surface area contributed by atoms with E-state index in [4.69, 9.17) is 28.9 Å². The largest absolute Gasteiger partial charge is 0.382 e. The van der Waals surface area contributed by atoms with Gasteiger partial charge in [0.25, 0.3) is 5.56 Å². The average molecular weight is 523 g/mol. The number of hydrogen-bond acceptors (Lipinski definition) is 4. The second-order valence-corrected chi connectivity index (χ2v) is 10.9. The van der Waals surface area contributed by atoms with Gasteiger partial charge in [0.2, 0.25) is 0 Å². The van der Waals surface area contributed by atoms with E-state index in [0.717, 1.165) is 56.3 Å². The molecule has 178 valence electrons. The molecule has 5 aromatic rings. The third kappa shape index (κ3) is 4.74. The van der Waals surface area contributed by atoms with Gasteiger partial charge in [0.05, 0.1) is 15.5 Å². The molecule has 5 rings (SSSR count). The van der Waals surface area contributed by atoms with Crippen LogP contribution in [0.4, 0.5) is 5.82 Å². The van der Waals surface area contributed by atoms with Crippen LogP contribution in [-0.4, -0.2) is 14.1 Å². The van der Waals surface area contributed by atoms with Crippen molar-refractivity contribution in [3.8, 4) is 11.4 Å². The number of nitrogen functional groups attached to an aromatic ring is 1. The SMILES string of the molecule is Cn1c(-c2ccc(Cl)cc2)nc(N)c1Cc1ccc2c(c1)c(CCc1ccc(Cl)s1)cc(=O)n2C. The molecular formula is C27H24Cl2N4OS. The molecular weight excluding hydrogens is 499 g/mol. The van der Waals surface area contributed by atoms with Gasteiger partial charge in [0.15, 0.2) is 0 Å². The zero-order chi connectivity index (χ0) is 24.7. The summed E-state index contributed by atoms with van der Waals surface area (Å²) >= 11 is 13.7. The van der Waals surface area contributed by atoms with Crippen LogP contribution < -0.4 is 11.3 Å². The Morgan fingerprint density at radius 1 is 0.943 bits per heavy atom. The molecule has 35 heavy (non-hydrogen) atoms. The molecule has 0 aliphatic carbocycles. The summed E-state index contributed by atoms with van der Waals surface area (Å²) < 4.78 is 4.51. The Morgan fingerprint density at radius 2 is 1.71 bits per heavy atom. The van der Waals surface area contributed by atoms with Crippen LogP contribution >= 0.6 is 34.5 Å². The van der Waals surface area contributed by atoms with Crippen molar-refractivity contribution in [3.05, 3.63) is 102 Å². The first-order valence-corrected chi connectivity index (χ1v) is 12.8. The highest BCUT2D eigenvalue weighted by molar-refractivity contribution is 7.16. The zero-order valence-corrected chi connectivity index (χ0v) is 21.7. The predicted molar refractivity (Wildman–Crippen MR) is 147 cm³/mol. The number of hydrogen-bond donors (Lipinski definition) is 1. The van der Waals surface area contributed by atoms with Gasteiger partial charge < -0.3 is 14.9 Å². The van der Waals surface area contributed by atoms with E-state index < -0.39 is 0 Å². The number of rotatable bonds is 6. The molecule has 0 aliphatic rings. The monoisotopic (exact) mass is 522 g/mol. The van der Waals surface area contributed by atoms with Gasteiger partial charge in [0, 0.05) is 47.4 Å². The zero-order valence-electron chi connectivity index (χ0n) is 19.4. The van der Waals surface area contributed by atoms with E-state index in [1.165, 1.54) is 4.88 Å². The minimum absolute atomic E-state index is 0.00653. The molecule has 0 saturated heterocycles. The Morgan fingerprint density at radius 3 is 2.43 bits per heavy atom. The van der Waals surface area contributed by atoms with Crippen molar-refractivity contribution in [2.45, 2.75) is 19.3 Å². The summed E-state index contributed by atoms with van der Waals surface area (Å²) in [5, 5.41) is 1.76. The number of nitrogens with two attached hydrogens (primary N) is 1. The van der Waals surface area contributed by atoms with Crippen molar-refractivity contribution in [2.75, 3.05) is 5.73 Å². The van der Waals surface area contributed by atoms with Gasteiger partial charge >= 0.3 is 0 Å². The fraction of sp³-hybridized carbons (Fsp3) is 0.185. The summed E-state index contributed by atoms with van der Waals surface area (Å²) in [6.07, 6.45) is 2.23. The molecule has 0 bridgehead atoms. The van der Waals surface area contributed by atoms with Crippen LogP contribution in [0.2, 0.25) is 9.36 Å². The Labute approximate surface area is 217 Å². The lowest BCUT2D eigenvalue weighted by Crippen LogP contribution is -2.17. The number of halogens is 2. The molecule has 3 aromatic heterocycles. The summed E-state index contributed by atoms with van der Waals surface area (Å²) in [6, 6.07) is 19.5. The number of anilines is 1. The van der Waals surface area contributed by atoms with E-state index >= 15 is 0 Å². The highest BCUT2D eigenvalue weighted by Crippen LogP contribution is 2.28. The van der Waals surface area contributed by atoms with Gasteiger partial charge in [-0.05, 0) is 72.5 Å². The molecule has 2 N–H and O–H groups in total. The molecule has 0 unspecified atom stereocenters. The van der Waals surface area contributed by atoms with Crippen LogP contribution in [0.25, 0.3) is 22.3 Å². The summed E-state index contributed by atoms with van der Waals surface area (Å²) in [5.41, 5.74) is 11.3. The van der Waals surface area contributed by atoms with Crippen LogP contribution in [0.5, 0.6) is 0 Å². The number of benzene rings is 2. The van der Waals surface area contributed by atoms with E-state index in [0.29, 0.717) is 17.3 Å². The molecule has 5 nitrogen and oxygen atoms in total. The van der Waals surface area contributed by atoms with Crippen LogP contribution in [0, 0.1) is 0 Å². The molecule has 0 atom stereocenters. The molecule has 0 amide bonds. The van der Waals surface area contributed by atoms with Gasteiger partial charge in [-0.2, -0.15) is 0 Å². The summed E-state index contributed by atoms with van der Waals surface area (Å²) in [4.78, 5) is 18.4. The first kappa shape index (κ1) is 23.7. The summed E-state index contributed by atoms with van der Waals surface area (Å²) in [6.45, 7) is 0. The Balaban J connectivity index is 1.50. The number of pyridine rings is 1. The predicted octanol–water partition coefficient (Wildman–Crippen LogP) is 6.27.